The highest BCUT2D eigenvalue weighted by Crippen LogP contribution is 2.20. The molecule has 2 rings (SSSR count). The maximum absolute atomic E-state index is 14.0. The fraction of sp³-hybridized carbons (Fsp3) is 0.611. The number of methoxy groups -OCH3 is 1. The van der Waals surface area contributed by atoms with Crippen molar-refractivity contribution in [2.75, 3.05) is 40.4 Å². The Balaban J connectivity index is 1.91. The Bertz CT molecular complexity index is 545. The van der Waals surface area contributed by atoms with Gasteiger partial charge in [0, 0.05) is 31.3 Å². The van der Waals surface area contributed by atoms with Crippen molar-refractivity contribution >= 4 is 5.97 Å². The number of hydrogen-bond acceptors (Lipinski definition) is 5. The lowest BCUT2D eigenvalue weighted by atomic mass is 10.0. The Labute approximate surface area is 143 Å². The Morgan fingerprint density at radius 1 is 1.42 bits per heavy atom. The Hall–Kier alpha value is -1.50. The largest absolute Gasteiger partial charge is 0.465 e. The van der Waals surface area contributed by atoms with Gasteiger partial charge in [0.15, 0.2) is 0 Å². The summed E-state index contributed by atoms with van der Waals surface area (Å²) in [5.74, 6) is -0.731. The van der Waals surface area contributed by atoms with Gasteiger partial charge in [0.05, 0.1) is 12.7 Å². The van der Waals surface area contributed by atoms with Crippen LogP contribution >= 0.6 is 0 Å². The summed E-state index contributed by atoms with van der Waals surface area (Å²) in [5.41, 5.74) is 0.914. The van der Waals surface area contributed by atoms with Crippen LogP contribution in [0.1, 0.15) is 35.2 Å². The first-order valence-electron chi connectivity index (χ1n) is 8.45. The van der Waals surface area contributed by atoms with Gasteiger partial charge < -0.3 is 14.7 Å². The molecule has 0 saturated carbocycles. The highest BCUT2D eigenvalue weighted by atomic mass is 19.1. The van der Waals surface area contributed by atoms with Gasteiger partial charge in [-0.25, -0.2) is 9.18 Å². The number of likely N-dealkylation sites (tertiary alicyclic amines) is 1. The molecule has 1 N–H and O–H groups in total. The van der Waals surface area contributed by atoms with Crippen molar-refractivity contribution in [2.45, 2.75) is 31.8 Å². The summed E-state index contributed by atoms with van der Waals surface area (Å²) in [5, 5.41) is 8.92. The van der Waals surface area contributed by atoms with Crippen LogP contribution in [0.3, 0.4) is 0 Å². The minimum Gasteiger partial charge on any atom is -0.465 e. The average Bonchev–Trinajstić information content (AvgIpc) is 2.61. The van der Waals surface area contributed by atoms with Gasteiger partial charge in [0.1, 0.15) is 5.82 Å². The summed E-state index contributed by atoms with van der Waals surface area (Å²) in [6.07, 6.45) is 2.85. The zero-order valence-corrected chi connectivity index (χ0v) is 14.5. The van der Waals surface area contributed by atoms with E-state index in [4.69, 9.17) is 9.84 Å². The Morgan fingerprint density at radius 3 is 2.75 bits per heavy atom. The lowest BCUT2D eigenvalue weighted by Gasteiger charge is -2.36. The molecule has 1 aromatic carbocycles. The van der Waals surface area contributed by atoms with Gasteiger partial charge >= 0.3 is 5.97 Å². The summed E-state index contributed by atoms with van der Waals surface area (Å²) in [6, 6.07) is 4.88. The highest BCUT2D eigenvalue weighted by molar-refractivity contribution is 5.89. The lowest BCUT2D eigenvalue weighted by Crippen LogP contribution is -2.43. The van der Waals surface area contributed by atoms with Gasteiger partial charge in [0.25, 0.3) is 0 Å². The number of carbonyl (C=O) groups excluding carboxylic acids is 1. The maximum atomic E-state index is 14.0. The second kappa shape index (κ2) is 9.11. The number of piperidine rings is 1. The molecule has 6 heteroatoms. The number of benzene rings is 1. The van der Waals surface area contributed by atoms with Crippen LogP contribution in [0.25, 0.3) is 0 Å². The standard InChI is InChI=1S/C18H27FN2O3/c1-20(8-3-11-22)16-6-9-21(10-7-16)13-15-12-14(18(23)24-2)4-5-17(15)19/h4-5,12,16,22H,3,6-11,13H2,1-2H3. The van der Waals surface area contributed by atoms with E-state index in [0.29, 0.717) is 23.7 Å². The first-order valence-corrected chi connectivity index (χ1v) is 8.45. The van der Waals surface area contributed by atoms with Crippen LogP contribution in [0.2, 0.25) is 0 Å². The molecule has 0 amide bonds. The van der Waals surface area contributed by atoms with E-state index < -0.39 is 5.97 Å². The summed E-state index contributed by atoms with van der Waals surface area (Å²) in [6.45, 7) is 3.42. The number of ether oxygens (including phenoxy) is 1. The first kappa shape index (κ1) is 18.8. The number of esters is 1. The van der Waals surface area contributed by atoms with Crippen molar-refractivity contribution in [1.29, 1.82) is 0 Å². The van der Waals surface area contributed by atoms with Crippen LogP contribution < -0.4 is 0 Å². The third kappa shape index (κ3) is 5.00. The summed E-state index contributed by atoms with van der Waals surface area (Å²) in [7, 11) is 3.42. The fourth-order valence-corrected chi connectivity index (χ4v) is 3.20. The van der Waals surface area contributed by atoms with Crippen molar-refractivity contribution < 1.29 is 19.0 Å². The van der Waals surface area contributed by atoms with E-state index >= 15 is 0 Å². The number of nitrogens with zero attached hydrogens (tertiary/aromatic N) is 2. The second-order valence-corrected chi connectivity index (χ2v) is 6.36. The van der Waals surface area contributed by atoms with Gasteiger partial charge in [-0.05, 0) is 57.6 Å². The van der Waals surface area contributed by atoms with Crippen LogP contribution in [0, 0.1) is 5.82 Å². The fourth-order valence-electron chi connectivity index (χ4n) is 3.20. The van der Waals surface area contributed by atoms with Crippen molar-refractivity contribution in [2.24, 2.45) is 0 Å². The van der Waals surface area contributed by atoms with Gasteiger partial charge in [-0.15, -0.1) is 0 Å². The normalized spacial score (nSPS) is 16.5. The van der Waals surface area contributed by atoms with E-state index in [1.807, 2.05) is 0 Å². The quantitative estimate of drug-likeness (QED) is 0.770. The number of carbonyl (C=O) groups is 1. The van der Waals surface area contributed by atoms with Gasteiger partial charge in [-0.3, -0.25) is 4.90 Å². The molecule has 1 aliphatic rings. The number of hydrogen-bond donors (Lipinski definition) is 1. The zero-order valence-electron chi connectivity index (χ0n) is 14.5. The lowest BCUT2D eigenvalue weighted by molar-refractivity contribution is 0.0600. The number of rotatable bonds is 7. The maximum Gasteiger partial charge on any atom is 0.337 e. The van der Waals surface area contributed by atoms with Gasteiger partial charge in [-0.1, -0.05) is 0 Å². The molecular weight excluding hydrogens is 311 g/mol. The highest BCUT2D eigenvalue weighted by Gasteiger charge is 2.23. The molecule has 134 valence electrons. The van der Waals surface area contributed by atoms with Gasteiger partial charge in [-0.2, -0.15) is 0 Å². The van der Waals surface area contributed by atoms with Crippen LogP contribution in [0.5, 0.6) is 0 Å². The third-order valence-corrected chi connectivity index (χ3v) is 4.71. The minimum absolute atomic E-state index is 0.221. The van der Waals surface area contributed by atoms with E-state index in [1.54, 1.807) is 6.07 Å². The number of halogens is 1. The van der Waals surface area contributed by atoms with E-state index in [9.17, 15) is 9.18 Å². The number of aliphatic hydroxyl groups excluding tert-OH is 1. The van der Waals surface area contributed by atoms with E-state index in [0.717, 1.165) is 38.9 Å². The molecule has 1 aliphatic heterocycles. The van der Waals surface area contributed by atoms with Crippen molar-refractivity contribution in [1.82, 2.24) is 9.80 Å². The van der Waals surface area contributed by atoms with Gasteiger partial charge in [0.2, 0.25) is 0 Å². The molecule has 1 heterocycles. The molecule has 5 nitrogen and oxygen atoms in total. The van der Waals surface area contributed by atoms with E-state index in [2.05, 4.69) is 16.8 Å². The average molecular weight is 338 g/mol. The van der Waals surface area contributed by atoms with Crippen LogP contribution in [0.15, 0.2) is 18.2 Å². The Kier molecular flexibility index (Phi) is 7.15. The van der Waals surface area contributed by atoms with Crippen molar-refractivity contribution in [3.05, 3.63) is 35.1 Å². The van der Waals surface area contributed by atoms with Crippen molar-refractivity contribution in [3.63, 3.8) is 0 Å². The predicted molar refractivity (Wildman–Crippen MR) is 90.4 cm³/mol. The molecule has 0 radical (unpaired) electrons. The smallest absolute Gasteiger partial charge is 0.337 e. The molecule has 1 aromatic rings. The molecule has 24 heavy (non-hydrogen) atoms. The molecule has 0 aliphatic carbocycles. The SMILES string of the molecule is COC(=O)c1ccc(F)c(CN2CCC(N(C)CCCO)CC2)c1. The second-order valence-electron chi connectivity index (χ2n) is 6.36. The summed E-state index contributed by atoms with van der Waals surface area (Å²) < 4.78 is 18.7. The number of aliphatic hydroxyl groups is 1. The molecule has 1 fully saturated rings. The monoisotopic (exact) mass is 338 g/mol. The zero-order chi connectivity index (χ0) is 17.5. The van der Waals surface area contributed by atoms with E-state index in [1.165, 1.54) is 19.2 Å². The predicted octanol–water partition coefficient (Wildman–Crippen LogP) is 1.89. The van der Waals surface area contributed by atoms with Crippen LogP contribution in [-0.2, 0) is 11.3 Å². The molecule has 1 saturated heterocycles. The van der Waals surface area contributed by atoms with Crippen LogP contribution in [-0.4, -0.2) is 67.3 Å². The van der Waals surface area contributed by atoms with Crippen molar-refractivity contribution in [3.8, 4) is 0 Å². The first-order chi connectivity index (χ1) is 11.5. The minimum atomic E-state index is -0.444. The third-order valence-electron chi connectivity index (χ3n) is 4.71. The topological polar surface area (TPSA) is 53.0 Å². The molecule has 0 aromatic heterocycles. The summed E-state index contributed by atoms with van der Waals surface area (Å²) in [4.78, 5) is 16.1. The molecule has 0 unspecified atom stereocenters. The Morgan fingerprint density at radius 2 is 2.12 bits per heavy atom. The van der Waals surface area contributed by atoms with E-state index in [-0.39, 0.29) is 12.4 Å². The molecular formula is C18H27FN2O3. The molecule has 0 bridgehead atoms. The summed E-state index contributed by atoms with van der Waals surface area (Å²) >= 11 is 0. The van der Waals surface area contributed by atoms with Crippen LogP contribution in [0.4, 0.5) is 4.39 Å². The molecule has 0 spiro atoms. The molecule has 0 atom stereocenters.